The highest BCUT2D eigenvalue weighted by Crippen LogP contribution is 1.99. The molecular weight excluding hydrogens is 196 g/mol. The van der Waals surface area contributed by atoms with Crippen LogP contribution < -0.4 is 11.3 Å². The molecule has 1 rings (SSSR count). The molecule has 3 N–H and O–H groups in total. The van der Waals surface area contributed by atoms with Gasteiger partial charge in [-0.25, -0.2) is 10.8 Å². The third kappa shape index (κ3) is 4.46. The van der Waals surface area contributed by atoms with Crippen LogP contribution in [0.25, 0.3) is 0 Å². The van der Waals surface area contributed by atoms with Crippen molar-refractivity contribution in [3.8, 4) is 0 Å². The molecule has 0 amide bonds. The summed E-state index contributed by atoms with van der Waals surface area (Å²) in [5.74, 6) is 6.15. The van der Waals surface area contributed by atoms with Crippen LogP contribution in [-0.2, 0) is 9.47 Å². The molecule has 0 aromatic heterocycles. The molecule has 15 heavy (non-hydrogen) atoms. The zero-order valence-corrected chi connectivity index (χ0v) is 9.24. The van der Waals surface area contributed by atoms with Crippen molar-refractivity contribution in [3.63, 3.8) is 0 Å². The van der Waals surface area contributed by atoms with Gasteiger partial charge in [0, 0.05) is 26.8 Å². The standard InChI is InChI=1S/C9H20N4O2/c1-14-7-3-11-9(12-10)13-4-2-6-15-8-5-13/h2-8,10H2,1H3,(H,11,12). The Morgan fingerprint density at radius 2 is 2.40 bits per heavy atom. The van der Waals surface area contributed by atoms with Crippen LogP contribution in [0.3, 0.4) is 0 Å². The lowest BCUT2D eigenvalue weighted by atomic mass is 10.4. The first kappa shape index (κ1) is 12.2. The Kier molecular flexibility index (Phi) is 6.06. The molecule has 1 heterocycles. The summed E-state index contributed by atoms with van der Waals surface area (Å²) in [6.45, 7) is 4.52. The number of hydrazine groups is 1. The number of rotatable bonds is 3. The predicted octanol–water partition coefficient (Wildman–Crippen LogP) is -0.826. The molecule has 6 nitrogen and oxygen atoms in total. The maximum absolute atomic E-state index is 5.43. The molecular formula is C9H20N4O2. The molecule has 1 saturated heterocycles. The van der Waals surface area contributed by atoms with Crippen molar-refractivity contribution in [2.75, 3.05) is 46.6 Å². The van der Waals surface area contributed by atoms with Crippen LogP contribution in [0.1, 0.15) is 6.42 Å². The highest BCUT2D eigenvalue weighted by molar-refractivity contribution is 5.79. The lowest BCUT2D eigenvalue weighted by molar-refractivity contribution is 0.147. The second-order valence-electron chi connectivity index (χ2n) is 3.30. The minimum Gasteiger partial charge on any atom is -0.383 e. The summed E-state index contributed by atoms with van der Waals surface area (Å²) >= 11 is 0. The lowest BCUT2D eigenvalue weighted by Crippen LogP contribution is -2.46. The number of methoxy groups -OCH3 is 1. The van der Waals surface area contributed by atoms with Crippen LogP contribution in [0, 0.1) is 0 Å². The number of nitrogens with zero attached hydrogens (tertiary/aromatic N) is 2. The van der Waals surface area contributed by atoms with Crippen LogP contribution in [-0.4, -0.2) is 57.4 Å². The first-order chi connectivity index (χ1) is 7.38. The number of ether oxygens (including phenoxy) is 2. The highest BCUT2D eigenvalue weighted by Gasteiger charge is 2.12. The van der Waals surface area contributed by atoms with E-state index in [1.165, 1.54) is 0 Å². The number of hydrogen-bond acceptors (Lipinski definition) is 4. The van der Waals surface area contributed by atoms with Crippen molar-refractivity contribution in [1.29, 1.82) is 0 Å². The van der Waals surface area contributed by atoms with Crippen molar-refractivity contribution in [3.05, 3.63) is 0 Å². The van der Waals surface area contributed by atoms with Crippen molar-refractivity contribution in [2.45, 2.75) is 6.42 Å². The number of guanidine groups is 1. The Labute approximate surface area is 90.4 Å². The van der Waals surface area contributed by atoms with Gasteiger partial charge in [0.05, 0.1) is 19.8 Å². The van der Waals surface area contributed by atoms with Gasteiger partial charge < -0.3 is 14.4 Å². The van der Waals surface area contributed by atoms with Crippen LogP contribution in [0.5, 0.6) is 0 Å². The second-order valence-corrected chi connectivity index (χ2v) is 3.30. The summed E-state index contributed by atoms with van der Waals surface area (Å²) in [6, 6.07) is 0. The highest BCUT2D eigenvalue weighted by atomic mass is 16.5. The van der Waals surface area contributed by atoms with Gasteiger partial charge in [0.15, 0.2) is 0 Å². The summed E-state index contributed by atoms with van der Waals surface area (Å²) in [4.78, 5) is 6.42. The smallest absolute Gasteiger partial charge is 0.208 e. The van der Waals surface area contributed by atoms with Crippen LogP contribution in [0.15, 0.2) is 4.99 Å². The minimum absolute atomic E-state index is 0.607. The SMILES string of the molecule is COCCN=C(NN)N1CCCOCC1. The number of aliphatic imine (C=N–C) groups is 1. The monoisotopic (exact) mass is 216 g/mol. The molecule has 0 aliphatic carbocycles. The van der Waals surface area contributed by atoms with Crippen LogP contribution >= 0.6 is 0 Å². The molecule has 0 aromatic carbocycles. The van der Waals surface area contributed by atoms with E-state index in [0.29, 0.717) is 13.2 Å². The van der Waals surface area contributed by atoms with Crippen molar-refractivity contribution >= 4 is 5.96 Å². The Morgan fingerprint density at radius 1 is 1.53 bits per heavy atom. The lowest BCUT2D eigenvalue weighted by Gasteiger charge is -2.22. The van der Waals surface area contributed by atoms with Gasteiger partial charge in [-0.1, -0.05) is 0 Å². The summed E-state index contributed by atoms with van der Waals surface area (Å²) in [7, 11) is 1.66. The summed E-state index contributed by atoms with van der Waals surface area (Å²) in [6.07, 6.45) is 1.00. The molecule has 0 atom stereocenters. The van der Waals surface area contributed by atoms with Gasteiger partial charge in [0.25, 0.3) is 0 Å². The van der Waals surface area contributed by atoms with Crippen molar-refractivity contribution < 1.29 is 9.47 Å². The maximum atomic E-state index is 5.43. The quantitative estimate of drug-likeness (QED) is 0.212. The largest absolute Gasteiger partial charge is 0.383 e. The fraction of sp³-hybridized carbons (Fsp3) is 0.889. The molecule has 1 aliphatic rings. The zero-order valence-electron chi connectivity index (χ0n) is 9.24. The molecule has 0 unspecified atom stereocenters. The third-order valence-corrected chi connectivity index (χ3v) is 2.21. The Morgan fingerprint density at radius 3 is 3.13 bits per heavy atom. The van der Waals surface area contributed by atoms with E-state index in [1.807, 2.05) is 0 Å². The van der Waals surface area contributed by atoms with E-state index in [4.69, 9.17) is 15.3 Å². The first-order valence-corrected chi connectivity index (χ1v) is 5.21. The second kappa shape index (κ2) is 7.44. The van der Waals surface area contributed by atoms with Crippen LogP contribution in [0.4, 0.5) is 0 Å². The third-order valence-electron chi connectivity index (χ3n) is 2.21. The van der Waals surface area contributed by atoms with E-state index in [0.717, 1.165) is 38.7 Å². The Bertz CT molecular complexity index is 191. The van der Waals surface area contributed by atoms with E-state index in [9.17, 15) is 0 Å². The molecule has 88 valence electrons. The van der Waals surface area contributed by atoms with E-state index in [2.05, 4.69) is 15.3 Å². The molecule has 6 heteroatoms. The Balaban J connectivity index is 2.43. The molecule has 0 radical (unpaired) electrons. The van der Waals surface area contributed by atoms with Gasteiger partial charge in [-0.05, 0) is 6.42 Å². The van der Waals surface area contributed by atoms with E-state index >= 15 is 0 Å². The fourth-order valence-corrected chi connectivity index (χ4v) is 1.44. The number of nitrogens with one attached hydrogen (secondary N) is 1. The average molecular weight is 216 g/mol. The van der Waals surface area contributed by atoms with Gasteiger partial charge >= 0.3 is 0 Å². The first-order valence-electron chi connectivity index (χ1n) is 5.21. The maximum Gasteiger partial charge on any atom is 0.208 e. The van der Waals surface area contributed by atoms with Gasteiger partial charge in [-0.15, -0.1) is 0 Å². The molecule has 0 bridgehead atoms. The fourth-order valence-electron chi connectivity index (χ4n) is 1.44. The molecule has 1 aliphatic heterocycles. The summed E-state index contributed by atoms with van der Waals surface area (Å²) in [5.41, 5.74) is 2.62. The summed E-state index contributed by atoms with van der Waals surface area (Å²) in [5, 5.41) is 0. The van der Waals surface area contributed by atoms with Gasteiger partial charge in [0.1, 0.15) is 0 Å². The van der Waals surface area contributed by atoms with E-state index in [-0.39, 0.29) is 0 Å². The average Bonchev–Trinajstić information content (AvgIpc) is 2.53. The van der Waals surface area contributed by atoms with E-state index in [1.54, 1.807) is 7.11 Å². The zero-order chi connectivity index (χ0) is 10.9. The minimum atomic E-state index is 0.607. The molecule has 0 saturated carbocycles. The Hall–Kier alpha value is -0.850. The molecule has 1 fully saturated rings. The number of nitrogens with two attached hydrogens (primary N) is 1. The normalized spacial score (nSPS) is 18.8. The van der Waals surface area contributed by atoms with Crippen molar-refractivity contribution in [1.82, 2.24) is 10.3 Å². The van der Waals surface area contributed by atoms with Crippen molar-refractivity contribution in [2.24, 2.45) is 10.8 Å². The molecule has 0 spiro atoms. The van der Waals surface area contributed by atoms with E-state index < -0.39 is 0 Å². The molecule has 0 aromatic rings. The predicted molar refractivity (Wildman–Crippen MR) is 58.5 cm³/mol. The van der Waals surface area contributed by atoms with Crippen LogP contribution in [0.2, 0.25) is 0 Å². The summed E-state index contributed by atoms with van der Waals surface area (Å²) < 4.78 is 10.3. The number of hydrogen-bond donors (Lipinski definition) is 2. The van der Waals surface area contributed by atoms with Gasteiger partial charge in [0.2, 0.25) is 5.96 Å². The van der Waals surface area contributed by atoms with Gasteiger partial charge in [-0.2, -0.15) is 0 Å². The van der Waals surface area contributed by atoms with Gasteiger partial charge in [-0.3, -0.25) is 5.43 Å². The topological polar surface area (TPSA) is 72.1 Å².